The van der Waals surface area contributed by atoms with Gasteiger partial charge in [-0.3, -0.25) is 14.5 Å². The van der Waals surface area contributed by atoms with Gasteiger partial charge in [-0.2, -0.15) is 0 Å². The fraction of sp³-hybridized carbons (Fsp3) is 0.281. The van der Waals surface area contributed by atoms with Crippen LogP contribution in [0.1, 0.15) is 54.1 Å². The standard InChI is InChI=1S/C32H30N2O5S/c1-5-11-38-23-8-6-7-20(16-23)28-26(29(35)21-9-10-24-22(15-21)14-19(4)39-24)30(36)31(37)34(28)32-33-27-18(3)12-17(2)13-25(27)40-32/h6-10,12-13,15-16,19,28,35H,5,11,14H2,1-4H3/t19-,28-/m0/s1. The van der Waals surface area contributed by atoms with Gasteiger partial charge in [0.1, 0.15) is 23.4 Å². The maximum atomic E-state index is 13.7. The molecule has 204 valence electrons. The topological polar surface area (TPSA) is 89.0 Å². The fourth-order valence-electron chi connectivity index (χ4n) is 5.53. The molecule has 2 aliphatic rings. The molecule has 1 saturated heterocycles. The van der Waals surface area contributed by atoms with Crippen LogP contribution in [-0.2, 0) is 16.0 Å². The Morgan fingerprint density at radius 1 is 1.15 bits per heavy atom. The van der Waals surface area contributed by atoms with Crippen LogP contribution < -0.4 is 14.4 Å². The first-order valence-electron chi connectivity index (χ1n) is 13.5. The Morgan fingerprint density at radius 2 is 1.98 bits per heavy atom. The molecule has 1 N–H and O–H groups in total. The van der Waals surface area contributed by atoms with Gasteiger partial charge < -0.3 is 14.6 Å². The maximum absolute atomic E-state index is 13.7. The van der Waals surface area contributed by atoms with E-state index in [1.165, 1.54) is 16.2 Å². The van der Waals surface area contributed by atoms with Crippen LogP contribution in [0.25, 0.3) is 16.0 Å². The number of aliphatic hydroxyl groups excluding tert-OH is 1. The molecular weight excluding hydrogens is 524 g/mol. The van der Waals surface area contributed by atoms with Crippen molar-refractivity contribution >= 4 is 44.1 Å². The van der Waals surface area contributed by atoms with Crippen LogP contribution in [0.3, 0.4) is 0 Å². The van der Waals surface area contributed by atoms with Crippen LogP contribution in [0.15, 0.2) is 60.2 Å². The molecule has 6 rings (SSSR count). The first-order chi connectivity index (χ1) is 19.2. The summed E-state index contributed by atoms with van der Waals surface area (Å²) in [5, 5.41) is 12.0. The van der Waals surface area contributed by atoms with E-state index in [1.54, 1.807) is 12.1 Å². The van der Waals surface area contributed by atoms with Gasteiger partial charge in [-0.05, 0) is 85.8 Å². The fourth-order valence-corrected chi connectivity index (χ4v) is 6.69. The summed E-state index contributed by atoms with van der Waals surface area (Å²) in [6.07, 6.45) is 1.58. The lowest BCUT2D eigenvalue weighted by molar-refractivity contribution is -0.132. The Labute approximate surface area is 236 Å². The van der Waals surface area contributed by atoms with Gasteiger partial charge in [0, 0.05) is 12.0 Å². The number of carbonyl (C=O) groups is 2. The summed E-state index contributed by atoms with van der Waals surface area (Å²) in [5.41, 5.74) is 4.97. The number of aromatic nitrogens is 1. The molecular formula is C32H30N2O5S. The first kappa shape index (κ1) is 26.1. The van der Waals surface area contributed by atoms with E-state index in [-0.39, 0.29) is 17.4 Å². The predicted octanol–water partition coefficient (Wildman–Crippen LogP) is 6.65. The van der Waals surface area contributed by atoms with Crippen molar-refractivity contribution in [2.75, 3.05) is 11.5 Å². The number of thiazole rings is 1. The minimum absolute atomic E-state index is 0.0247. The van der Waals surface area contributed by atoms with Crippen molar-refractivity contribution < 1.29 is 24.2 Å². The SMILES string of the molecule is CCCOc1cccc([C@H]2C(=C(O)c3ccc4c(c3)C[C@H](C)O4)C(=O)C(=O)N2c2nc3c(C)cc(C)cc3s2)c1. The highest BCUT2D eigenvalue weighted by atomic mass is 32.1. The zero-order valence-electron chi connectivity index (χ0n) is 22.9. The zero-order valence-corrected chi connectivity index (χ0v) is 23.7. The van der Waals surface area contributed by atoms with Crippen molar-refractivity contribution in [2.45, 2.75) is 52.7 Å². The summed E-state index contributed by atoms with van der Waals surface area (Å²) in [6, 6.07) is 15.9. The molecule has 2 aliphatic heterocycles. The second kappa shape index (κ2) is 10.1. The van der Waals surface area contributed by atoms with E-state index in [9.17, 15) is 14.7 Å². The molecule has 3 aromatic carbocycles. The summed E-state index contributed by atoms with van der Waals surface area (Å²) in [7, 11) is 0. The van der Waals surface area contributed by atoms with Crippen LogP contribution >= 0.6 is 11.3 Å². The van der Waals surface area contributed by atoms with Crippen LogP contribution in [-0.4, -0.2) is 34.5 Å². The second-order valence-corrected chi connectivity index (χ2v) is 11.5. The number of Topliss-reactive ketones (excluding diaryl/α,β-unsaturated/α-hetero) is 1. The van der Waals surface area contributed by atoms with Crippen molar-refractivity contribution in [1.82, 2.24) is 4.98 Å². The minimum Gasteiger partial charge on any atom is -0.507 e. The maximum Gasteiger partial charge on any atom is 0.301 e. The van der Waals surface area contributed by atoms with Gasteiger partial charge in [0.15, 0.2) is 5.13 Å². The average molecular weight is 555 g/mol. The number of aliphatic hydroxyl groups is 1. The summed E-state index contributed by atoms with van der Waals surface area (Å²) in [5.74, 6) is -0.301. The van der Waals surface area contributed by atoms with Gasteiger partial charge >= 0.3 is 5.91 Å². The zero-order chi connectivity index (χ0) is 28.1. The molecule has 0 unspecified atom stereocenters. The number of rotatable bonds is 6. The molecule has 8 heteroatoms. The number of ether oxygens (including phenoxy) is 2. The number of hydrogen-bond acceptors (Lipinski definition) is 7. The first-order valence-corrected chi connectivity index (χ1v) is 14.3. The van der Waals surface area contributed by atoms with Gasteiger partial charge in [0.2, 0.25) is 0 Å². The quantitative estimate of drug-likeness (QED) is 0.163. The number of hydrogen-bond donors (Lipinski definition) is 1. The smallest absolute Gasteiger partial charge is 0.301 e. The Kier molecular flexibility index (Phi) is 6.58. The van der Waals surface area contributed by atoms with Gasteiger partial charge in [-0.15, -0.1) is 0 Å². The normalized spacial score (nSPS) is 19.8. The molecule has 0 aliphatic carbocycles. The summed E-state index contributed by atoms with van der Waals surface area (Å²) < 4.78 is 12.6. The van der Waals surface area contributed by atoms with E-state index in [1.807, 2.05) is 70.2 Å². The molecule has 3 heterocycles. The van der Waals surface area contributed by atoms with E-state index in [0.29, 0.717) is 35.0 Å². The molecule has 0 bridgehead atoms. The number of ketones is 1. The molecule has 7 nitrogen and oxygen atoms in total. The van der Waals surface area contributed by atoms with Gasteiger partial charge in [-0.1, -0.05) is 36.5 Å². The molecule has 2 atom stereocenters. The van der Waals surface area contributed by atoms with E-state index < -0.39 is 17.7 Å². The van der Waals surface area contributed by atoms with Gasteiger partial charge in [-0.25, -0.2) is 4.98 Å². The molecule has 1 amide bonds. The molecule has 0 radical (unpaired) electrons. The van der Waals surface area contributed by atoms with Crippen molar-refractivity contribution in [2.24, 2.45) is 0 Å². The third-order valence-corrected chi connectivity index (χ3v) is 8.29. The second-order valence-electron chi connectivity index (χ2n) is 10.5. The minimum atomic E-state index is -0.879. The Balaban J connectivity index is 1.53. The van der Waals surface area contributed by atoms with Crippen molar-refractivity contribution in [1.29, 1.82) is 0 Å². The van der Waals surface area contributed by atoms with Crippen molar-refractivity contribution in [3.8, 4) is 11.5 Å². The largest absolute Gasteiger partial charge is 0.507 e. The summed E-state index contributed by atoms with van der Waals surface area (Å²) in [4.78, 5) is 33.6. The Bertz CT molecular complexity index is 1700. The molecule has 40 heavy (non-hydrogen) atoms. The van der Waals surface area contributed by atoms with Crippen LogP contribution in [0, 0.1) is 13.8 Å². The average Bonchev–Trinajstić information content (AvgIpc) is 3.59. The third-order valence-electron chi connectivity index (χ3n) is 7.29. The highest BCUT2D eigenvalue weighted by molar-refractivity contribution is 7.22. The van der Waals surface area contributed by atoms with Gasteiger partial charge in [0.25, 0.3) is 5.78 Å². The van der Waals surface area contributed by atoms with E-state index in [0.717, 1.165) is 39.1 Å². The predicted molar refractivity (Wildman–Crippen MR) is 156 cm³/mol. The number of fused-ring (bicyclic) bond motifs is 2. The number of benzene rings is 3. The van der Waals surface area contributed by atoms with Crippen molar-refractivity contribution in [3.05, 3.63) is 88.0 Å². The van der Waals surface area contributed by atoms with E-state index >= 15 is 0 Å². The molecule has 0 spiro atoms. The van der Waals surface area contributed by atoms with Crippen molar-refractivity contribution in [3.63, 3.8) is 0 Å². The number of carbonyl (C=O) groups excluding carboxylic acids is 2. The third kappa shape index (κ3) is 4.42. The number of aryl methyl sites for hydroxylation is 2. The van der Waals surface area contributed by atoms with Crippen LogP contribution in [0.2, 0.25) is 0 Å². The molecule has 0 saturated carbocycles. The molecule has 1 fully saturated rings. The highest BCUT2D eigenvalue weighted by Gasteiger charge is 2.48. The monoisotopic (exact) mass is 554 g/mol. The Morgan fingerprint density at radius 3 is 2.77 bits per heavy atom. The highest BCUT2D eigenvalue weighted by Crippen LogP contribution is 2.45. The molecule has 1 aromatic heterocycles. The lowest BCUT2D eigenvalue weighted by Crippen LogP contribution is -2.29. The lowest BCUT2D eigenvalue weighted by atomic mass is 9.94. The van der Waals surface area contributed by atoms with Crippen LogP contribution in [0.4, 0.5) is 5.13 Å². The lowest BCUT2D eigenvalue weighted by Gasteiger charge is -2.23. The number of amides is 1. The summed E-state index contributed by atoms with van der Waals surface area (Å²) >= 11 is 1.36. The summed E-state index contributed by atoms with van der Waals surface area (Å²) in [6.45, 7) is 8.55. The molecule has 4 aromatic rings. The van der Waals surface area contributed by atoms with Crippen LogP contribution in [0.5, 0.6) is 11.5 Å². The number of nitrogens with zero attached hydrogens (tertiary/aromatic N) is 2. The van der Waals surface area contributed by atoms with Gasteiger partial charge in [0.05, 0.1) is 28.4 Å². The van der Waals surface area contributed by atoms with E-state index in [4.69, 9.17) is 14.5 Å². The Hall–Kier alpha value is -4.17. The number of anilines is 1. The van der Waals surface area contributed by atoms with E-state index in [2.05, 4.69) is 0 Å².